The predicted molar refractivity (Wildman–Crippen MR) is 98.3 cm³/mol. The summed E-state index contributed by atoms with van der Waals surface area (Å²) in [5, 5.41) is 2.54. The number of rotatable bonds is 2. The Bertz CT molecular complexity index is 956. The molecular weight excluding hydrogens is 399 g/mol. The average molecular weight is 409 g/mol. The zero-order valence-electron chi connectivity index (χ0n) is 11.5. The lowest BCUT2D eigenvalue weighted by Gasteiger charge is -2.13. The fraction of sp³-hybridized carbons (Fsp3) is 0.0625. The van der Waals surface area contributed by atoms with Gasteiger partial charge < -0.3 is 4.57 Å². The number of benzene rings is 1. The van der Waals surface area contributed by atoms with Gasteiger partial charge in [0.2, 0.25) is 0 Å². The molecular formula is C16H10BrO2PS2. The van der Waals surface area contributed by atoms with Gasteiger partial charge in [-0.2, -0.15) is 0 Å². The van der Waals surface area contributed by atoms with Gasteiger partial charge in [0.25, 0.3) is 0 Å². The van der Waals surface area contributed by atoms with Crippen molar-refractivity contribution in [3.63, 3.8) is 0 Å². The molecule has 2 aromatic heterocycles. The fourth-order valence-corrected chi connectivity index (χ4v) is 9.73. The molecule has 0 saturated heterocycles. The first kappa shape index (κ1) is 14.6. The van der Waals surface area contributed by atoms with Gasteiger partial charge in [0.05, 0.1) is 18.4 Å². The molecule has 1 aromatic carbocycles. The van der Waals surface area contributed by atoms with Crippen LogP contribution in [-0.2, 0) is 4.57 Å². The van der Waals surface area contributed by atoms with Gasteiger partial charge >= 0.3 is 0 Å². The molecule has 2 nitrogen and oxygen atoms in total. The third-order valence-electron chi connectivity index (χ3n) is 3.75. The van der Waals surface area contributed by atoms with Gasteiger partial charge in [0.15, 0.2) is 12.9 Å². The van der Waals surface area contributed by atoms with Crippen LogP contribution in [-0.4, -0.2) is 5.78 Å². The van der Waals surface area contributed by atoms with Gasteiger partial charge in [-0.05, 0) is 35.0 Å². The van der Waals surface area contributed by atoms with Gasteiger partial charge in [-0.25, -0.2) is 0 Å². The molecule has 0 radical (unpaired) electrons. The molecule has 0 saturated carbocycles. The second-order valence-electron chi connectivity index (χ2n) is 5.09. The van der Waals surface area contributed by atoms with Gasteiger partial charge in [-0.1, -0.05) is 30.3 Å². The van der Waals surface area contributed by atoms with Crippen molar-refractivity contribution >= 4 is 67.4 Å². The SMILES string of the molecule is CC(=O)c1cc2c(s1)-c1sc(Br)cc1P2(=O)c1ccccc1. The number of ketones is 1. The highest BCUT2D eigenvalue weighted by Gasteiger charge is 2.43. The number of fused-ring (bicyclic) bond motifs is 3. The second kappa shape index (κ2) is 5.00. The molecule has 0 fully saturated rings. The van der Waals surface area contributed by atoms with Crippen molar-refractivity contribution in [2.75, 3.05) is 0 Å². The summed E-state index contributed by atoms with van der Waals surface area (Å²) < 4.78 is 15.0. The van der Waals surface area contributed by atoms with Crippen molar-refractivity contribution in [2.45, 2.75) is 6.92 Å². The Kier molecular flexibility index (Phi) is 3.31. The zero-order chi connectivity index (χ0) is 15.5. The highest BCUT2D eigenvalue weighted by atomic mass is 79.9. The largest absolute Gasteiger partial charge is 0.309 e. The van der Waals surface area contributed by atoms with Crippen LogP contribution in [0.4, 0.5) is 0 Å². The van der Waals surface area contributed by atoms with Crippen molar-refractivity contribution < 1.29 is 9.36 Å². The Morgan fingerprint density at radius 2 is 1.68 bits per heavy atom. The quantitative estimate of drug-likeness (QED) is 0.364. The number of hydrogen-bond donors (Lipinski definition) is 0. The van der Waals surface area contributed by atoms with Crippen LogP contribution in [0.25, 0.3) is 9.75 Å². The van der Waals surface area contributed by atoms with Gasteiger partial charge in [0.1, 0.15) is 0 Å². The van der Waals surface area contributed by atoms with Crippen LogP contribution in [0.5, 0.6) is 0 Å². The standard InChI is InChI=1S/C16H10BrO2PS2/c1-9(18)13-7-11-15(21-13)16-12(8-14(17)22-16)20(11,19)10-5-3-2-4-6-10/h2-8H,1H3. The van der Waals surface area contributed by atoms with Gasteiger partial charge in [-0.15, -0.1) is 22.7 Å². The van der Waals surface area contributed by atoms with E-state index < -0.39 is 7.14 Å². The summed E-state index contributed by atoms with van der Waals surface area (Å²) in [6, 6.07) is 13.4. The number of carbonyl (C=O) groups is 1. The van der Waals surface area contributed by atoms with Crippen molar-refractivity contribution in [1.82, 2.24) is 0 Å². The van der Waals surface area contributed by atoms with Gasteiger partial charge in [0, 0.05) is 15.9 Å². The van der Waals surface area contributed by atoms with Crippen LogP contribution in [0.1, 0.15) is 16.6 Å². The lowest BCUT2D eigenvalue weighted by molar-refractivity contribution is 0.102. The van der Waals surface area contributed by atoms with Crippen LogP contribution in [0.2, 0.25) is 0 Å². The maximum Gasteiger partial charge on any atom is 0.174 e. The molecule has 0 amide bonds. The van der Waals surface area contributed by atoms with E-state index in [-0.39, 0.29) is 5.78 Å². The van der Waals surface area contributed by atoms with Crippen LogP contribution in [0.3, 0.4) is 0 Å². The highest BCUT2D eigenvalue weighted by Crippen LogP contribution is 2.57. The third kappa shape index (κ3) is 1.89. The van der Waals surface area contributed by atoms with Crippen LogP contribution in [0.15, 0.2) is 46.3 Å². The Morgan fingerprint density at radius 1 is 1.05 bits per heavy atom. The van der Waals surface area contributed by atoms with E-state index in [0.717, 1.165) is 29.5 Å². The molecule has 0 spiro atoms. The minimum Gasteiger partial charge on any atom is -0.309 e. The number of carbonyl (C=O) groups excluding carboxylic acids is 1. The van der Waals surface area contributed by atoms with E-state index in [4.69, 9.17) is 0 Å². The van der Waals surface area contributed by atoms with Crippen LogP contribution >= 0.6 is 45.7 Å². The molecule has 0 N–H and O–H groups in total. The normalized spacial score (nSPS) is 19.0. The maximum absolute atomic E-state index is 14.0. The summed E-state index contributed by atoms with van der Waals surface area (Å²) in [5.74, 6) is 0.0242. The average Bonchev–Trinajstić information content (AvgIpc) is 3.15. The molecule has 1 unspecified atom stereocenters. The topological polar surface area (TPSA) is 34.1 Å². The third-order valence-corrected chi connectivity index (χ3v) is 10.2. The fourth-order valence-electron chi connectivity index (χ4n) is 2.75. The summed E-state index contributed by atoms with van der Waals surface area (Å²) in [6.07, 6.45) is 0. The molecule has 110 valence electrons. The minimum absolute atomic E-state index is 0.0242. The lowest BCUT2D eigenvalue weighted by atomic mass is 10.3. The highest BCUT2D eigenvalue weighted by molar-refractivity contribution is 9.11. The first-order chi connectivity index (χ1) is 10.5. The first-order valence-electron chi connectivity index (χ1n) is 6.63. The summed E-state index contributed by atoms with van der Waals surface area (Å²) >= 11 is 6.54. The smallest absolute Gasteiger partial charge is 0.174 e. The number of halogens is 1. The van der Waals surface area contributed by atoms with E-state index in [1.807, 2.05) is 42.5 Å². The maximum atomic E-state index is 14.0. The summed E-state index contributed by atoms with van der Waals surface area (Å²) in [5.41, 5.74) is 0. The van der Waals surface area contributed by atoms with Crippen molar-refractivity contribution in [3.8, 4) is 9.75 Å². The van der Waals surface area contributed by atoms with E-state index in [0.29, 0.717) is 4.88 Å². The number of Topliss-reactive ketones (excluding diaryl/α,β-unsaturated/α-hetero) is 1. The Morgan fingerprint density at radius 3 is 2.36 bits per heavy atom. The second-order valence-corrected chi connectivity index (χ2v) is 11.3. The molecule has 6 heteroatoms. The Balaban J connectivity index is 2.08. The predicted octanol–water partition coefficient (Wildman–Crippen LogP) is 4.39. The van der Waals surface area contributed by atoms with E-state index in [1.165, 1.54) is 11.3 Å². The van der Waals surface area contributed by atoms with E-state index in [9.17, 15) is 9.36 Å². The van der Waals surface area contributed by atoms with Crippen LogP contribution in [0, 0.1) is 0 Å². The molecule has 0 aliphatic carbocycles. The molecule has 1 aliphatic rings. The molecule has 3 heterocycles. The summed E-state index contributed by atoms with van der Waals surface area (Å²) in [7, 11) is -2.86. The molecule has 22 heavy (non-hydrogen) atoms. The number of hydrogen-bond acceptors (Lipinski definition) is 4. The number of thiophene rings is 2. The molecule has 1 aliphatic heterocycles. The van der Waals surface area contributed by atoms with Crippen LogP contribution < -0.4 is 15.9 Å². The van der Waals surface area contributed by atoms with Gasteiger partial charge in [-0.3, -0.25) is 4.79 Å². The lowest BCUT2D eigenvalue weighted by Crippen LogP contribution is -2.19. The van der Waals surface area contributed by atoms with Crippen molar-refractivity contribution in [3.05, 3.63) is 51.1 Å². The van der Waals surface area contributed by atoms with Crippen molar-refractivity contribution in [2.24, 2.45) is 0 Å². The molecule has 0 bridgehead atoms. The van der Waals surface area contributed by atoms with E-state index >= 15 is 0 Å². The Labute approximate surface area is 144 Å². The monoisotopic (exact) mass is 408 g/mol. The summed E-state index contributed by atoms with van der Waals surface area (Å²) in [6.45, 7) is 1.56. The first-order valence-corrected chi connectivity index (χ1v) is 10.8. The molecule has 4 rings (SSSR count). The Hall–Kier alpha value is -1.00. The molecule has 3 aromatic rings. The van der Waals surface area contributed by atoms with E-state index in [1.54, 1.807) is 18.3 Å². The minimum atomic E-state index is -2.86. The molecule has 1 atom stereocenters. The summed E-state index contributed by atoms with van der Waals surface area (Å²) in [4.78, 5) is 14.4. The van der Waals surface area contributed by atoms with Crippen molar-refractivity contribution in [1.29, 1.82) is 0 Å². The zero-order valence-corrected chi connectivity index (χ0v) is 15.6. The van der Waals surface area contributed by atoms with E-state index in [2.05, 4.69) is 15.9 Å².